The van der Waals surface area contributed by atoms with Crippen LogP contribution in [0.1, 0.15) is 51.6 Å². The van der Waals surface area contributed by atoms with Crippen molar-refractivity contribution in [3.63, 3.8) is 0 Å². The van der Waals surface area contributed by atoms with E-state index in [1.165, 1.54) is 11.1 Å². The summed E-state index contributed by atoms with van der Waals surface area (Å²) in [6.45, 7) is 3.93. The molecule has 0 radical (unpaired) electrons. The van der Waals surface area contributed by atoms with Crippen molar-refractivity contribution in [1.82, 2.24) is 10.3 Å². The quantitative estimate of drug-likeness (QED) is 0.742. The minimum atomic E-state index is -0.0186. The van der Waals surface area contributed by atoms with Gasteiger partial charge in [0.15, 0.2) is 0 Å². The van der Waals surface area contributed by atoms with Crippen LogP contribution in [0.25, 0.3) is 10.9 Å². The van der Waals surface area contributed by atoms with E-state index >= 15 is 0 Å². The SMILES string of the molecule is Cc1nc2ccccc2c(C)c1C(=O)N[C@@H]1CCCc2ccccc21. The van der Waals surface area contributed by atoms with Crippen LogP contribution in [0.5, 0.6) is 0 Å². The third-order valence-corrected chi connectivity index (χ3v) is 5.23. The minimum absolute atomic E-state index is 0.0186. The number of para-hydroxylation sites is 1. The highest BCUT2D eigenvalue weighted by atomic mass is 16.1. The number of fused-ring (bicyclic) bond motifs is 2. The van der Waals surface area contributed by atoms with Crippen LogP contribution < -0.4 is 5.32 Å². The molecule has 0 aliphatic heterocycles. The molecule has 0 saturated heterocycles. The molecule has 0 spiro atoms. The molecule has 1 aliphatic carbocycles. The molecule has 3 aromatic rings. The summed E-state index contributed by atoms with van der Waals surface area (Å²) in [5.41, 5.74) is 6.05. The van der Waals surface area contributed by atoms with Crippen molar-refractivity contribution in [2.24, 2.45) is 0 Å². The van der Waals surface area contributed by atoms with Crippen molar-refractivity contribution in [3.8, 4) is 0 Å². The Labute approximate surface area is 148 Å². The molecule has 1 atom stereocenters. The number of nitrogens with one attached hydrogen (secondary N) is 1. The molecule has 1 aliphatic rings. The number of aryl methyl sites for hydroxylation is 3. The third kappa shape index (κ3) is 2.80. The third-order valence-electron chi connectivity index (χ3n) is 5.23. The standard InChI is InChI=1S/C22H22N2O/c1-14-17-10-5-6-12-19(17)23-15(2)21(14)22(25)24-20-13-7-9-16-8-3-4-11-18(16)20/h3-6,8,10-12,20H,7,9,13H2,1-2H3,(H,24,25)/t20-/m1/s1. The number of benzene rings is 2. The fraction of sp³-hybridized carbons (Fsp3) is 0.273. The molecule has 2 aromatic carbocycles. The molecule has 1 amide bonds. The van der Waals surface area contributed by atoms with Crippen LogP contribution in [0.3, 0.4) is 0 Å². The maximum absolute atomic E-state index is 13.1. The van der Waals surface area contributed by atoms with Crippen LogP contribution in [0.4, 0.5) is 0 Å². The van der Waals surface area contributed by atoms with E-state index in [1.807, 2.05) is 38.1 Å². The average molecular weight is 330 g/mol. The van der Waals surface area contributed by atoms with Crippen molar-refractivity contribution in [1.29, 1.82) is 0 Å². The molecule has 1 aromatic heterocycles. The zero-order valence-corrected chi connectivity index (χ0v) is 14.7. The monoisotopic (exact) mass is 330 g/mol. The first-order chi connectivity index (χ1) is 12.1. The molecule has 3 heteroatoms. The lowest BCUT2D eigenvalue weighted by Crippen LogP contribution is -2.32. The van der Waals surface area contributed by atoms with Crippen LogP contribution in [0.2, 0.25) is 0 Å². The molecule has 0 fully saturated rings. The lowest BCUT2D eigenvalue weighted by Gasteiger charge is -2.27. The number of hydrogen-bond acceptors (Lipinski definition) is 2. The van der Waals surface area contributed by atoms with Crippen molar-refractivity contribution < 1.29 is 4.79 Å². The summed E-state index contributed by atoms with van der Waals surface area (Å²) < 4.78 is 0. The number of carbonyl (C=O) groups excluding carboxylic acids is 1. The Morgan fingerprint density at radius 1 is 1.08 bits per heavy atom. The van der Waals surface area contributed by atoms with Gasteiger partial charge < -0.3 is 5.32 Å². The van der Waals surface area contributed by atoms with E-state index in [0.29, 0.717) is 5.56 Å². The number of aromatic nitrogens is 1. The summed E-state index contributed by atoms with van der Waals surface area (Å²) in [6.07, 6.45) is 3.19. The Morgan fingerprint density at radius 2 is 1.84 bits per heavy atom. The summed E-state index contributed by atoms with van der Waals surface area (Å²) in [6, 6.07) is 16.5. The fourth-order valence-electron chi connectivity index (χ4n) is 4.00. The average Bonchev–Trinajstić information content (AvgIpc) is 2.62. The van der Waals surface area contributed by atoms with E-state index in [4.69, 9.17) is 0 Å². The second-order valence-corrected chi connectivity index (χ2v) is 6.83. The number of hydrogen-bond donors (Lipinski definition) is 1. The van der Waals surface area contributed by atoms with Gasteiger partial charge in [0.2, 0.25) is 0 Å². The maximum Gasteiger partial charge on any atom is 0.253 e. The van der Waals surface area contributed by atoms with Gasteiger partial charge in [-0.3, -0.25) is 9.78 Å². The number of carbonyl (C=O) groups is 1. The maximum atomic E-state index is 13.1. The number of pyridine rings is 1. The van der Waals surface area contributed by atoms with Gasteiger partial charge in [0.1, 0.15) is 0 Å². The zero-order valence-electron chi connectivity index (χ0n) is 14.7. The molecular formula is C22H22N2O. The second kappa shape index (κ2) is 6.32. The van der Waals surface area contributed by atoms with Crippen LogP contribution in [-0.2, 0) is 6.42 Å². The minimum Gasteiger partial charge on any atom is -0.345 e. The van der Waals surface area contributed by atoms with E-state index < -0.39 is 0 Å². The number of nitrogens with zero attached hydrogens (tertiary/aromatic N) is 1. The lowest BCUT2D eigenvalue weighted by molar-refractivity contribution is 0.0931. The molecule has 25 heavy (non-hydrogen) atoms. The Morgan fingerprint density at radius 3 is 2.72 bits per heavy atom. The molecule has 0 bridgehead atoms. The summed E-state index contributed by atoms with van der Waals surface area (Å²) in [7, 11) is 0. The smallest absolute Gasteiger partial charge is 0.253 e. The molecule has 0 unspecified atom stereocenters. The lowest BCUT2D eigenvalue weighted by atomic mass is 9.87. The van der Waals surface area contributed by atoms with Crippen LogP contribution in [0.15, 0.2) is 48.5 Å². The molecular weight excluding hydrogens is 308 g/mol. The van der Waals surface area contributed by atoms with Crippen LogP contribution in [-0.4, -0.2) is 10.9 Å². The molecule has 4 rings (SSSR count). The van der Waals surface area contributed by atoms with E-state index in [9.17, 15) is 4.79 Å². The van der Waals surface area contributed by atoms with Crippen molar-refractivity contribution in [2.45, 2.75) is 39.2 Å². The van der Waals surface area contributed by atoms with Crippen molar-refractivity contribution in [3.05, 3.63) is 76.5 Å². The predicted octanol–water partition coefficient (Wildman–Crippen LogP) is 4.66. The van der Waals surface area contributed by atoms with E-state index in [2.05, 4.69) is 34.6 Å². The highest BCUT2D eigenvalue weighted by Gasteiger charge is 2.24. The van der Waals surface area contributed by atoms with Gasteiger partial charge in [-0.25, -0.2) is 0 Å². The molecule has 1 N–H and O–H groups in total. The van der Waals surface area contributed by atoms with Gasteiger partial charge in [0.25, 0.3) is 5.91 Å². The molecule has 1 heterocycles. The Kier molecular flexibility index (Phi) is 4.00. The Bertz CT molecular complexity index is 961. The van der Waals surface area contributed by atoms with Crippen LogP contribution in [0, 0.1) is 13.8 Å². The summed E-state index contributed by atoms with van der Waals surface area (Å²) in [4.78, 5) is 17.7. The summed E-state index contributed by atoms with van der Waals surface area (Å²) >= 11 is 0. The number of amides is 1. The van der Waals surface area contributed by atoms with Gasteiger partial charge in [-0.15, -0.1) is 0 Å². The van der Waals surface area contributed by atoms with Crippen molar-refractivity contribution in [2.75, 3.05) is 0 Å². The fourth-order valence-corrected chi connectivity index (χ4v) is 4.00. The first-order valence-corrected chi connectivity index (χ1v) is 8.90. The Balaban J connectivity index is 1.70. The highest BCUT2D eigenvalue weighted by Crippen LogP contribution is 2.30. The Hall–Kier alpha value is -2.68. The molecule has 3 nitrogen and oxygen atoms in total. The van der Waals surface area contributed by atoms with E-state index in [-0.39, 0.29) is 11.9 Å². The zero-order chi connectivity index (χ0) is 17.4. The van der Waals surface area contributed by atoms with Crippen molar-refractivity contribution >= 4 is 16.8 Å². The second-order valence-electron chi connectivity index (χ2n) is 6.83. The predicted molar refractivity (Wildman–Crippen MR) is 101 cm³/mol. The van der Waals surface area contributed by atoms with Gasteiger partial charge in [0.05, 0.1) is 22.8 Å². The molecule has 126 valence electrons. The number of rotatable bonds is 2. The van der Waals surface area contributed by atoms with Crippen LogP contribution >= 0.6 is 0 Å². The van der Waals surface area contributed by atoms with E-state index in [1.54, 1.807) is 0 Å². The van der Waals surface area contributed by atoms with Gasteiger partial charge in [-0.2, -0.15) is 0 Å². The van der Waals surface area contributed by atoms with E-state index in [0.717, 1.165) is 41.4 Å². The summed E-state index contributed by atoms with van der Waals surface area (Å²) in [5.74, 6) is -0.0186. The van der Waals surface area contributed by atoms with Gasteiger partial charge in [-0.1, -0.05) is 42.5 Å². The first kappa shape index (κ1) is 15.8. The van der Waals surface area contributed by atoms with Gasteiger partial charge in [0, 0.05) is 5.39 Å². The normalized spacial score (nSPS) is 16.5. The largest absolute Gasteiger partial charge is 0.345 e. The van der Waals surface area contributed by atoms with Gasteiger partial charge in [-0.05, 0) is 55.9 Å². The molecule has 0 saturated carbocycles. The highest BCUT2D eigenvalue weighted by molar-refractivity contribution is 6.01. The first-order valence-electron chi connectivity index (χ1n) is 8.90. The van der Waals surface area contributed by atoms with Gasteiger partial charge >= 0.3 is 0 Å². The topological polar surface area (TPSA) is 42.0 Å². The summed E-state index contributed by atoms with van der Waals surface area (Å²) in [5, 5.41) is 4.30.